The minimum atomic E-state index is -0.701. The van der Waals surface area contributed by atoms with Crippen LogP contribution in [0.4, 0.5) is 10.5 Å². The summed E-state index contributed by atoms with van der Waals surface area (Å²) in [6.45, 7) is 9.37. The van der Waals surface area contributed by atoms with E-state index in [-0.39, 0.29) is 18.4 Å². The smallest absolute Gasteiger partial charge is 0.414 e. The third-order valence-electron chi connectivity index (χ3n) is 3.13. The maximum atomic E-state index is 12.0. The van der Waals surface area contributed by atoms with Gasteiger partial charge in [-0.15, -0.1) is 0 Å². The van der Waals surface area contributed by atoms with E-state index in [4.69, 9.17) is 4.74 Å². The number of anilines is 1. The summed E-state index contributed by atoms with van der Waals surface area (Å²) in [5, 5.41) is 5.63. The summed E-state index contributed by atoms with van der Waals surface area (Å²) in [6, 6.07) is 8.00. The number of amides is 2. The molecule has 2 amide bonds. The molecule has 0 spiro atoms. The molecule has 0 saturated heterocycles. The molecular weight excluding hydrogens is 292 g/mol. The lowest BCUT2D eigenvalue weighted by atomic mass is 10.1. The van der Waals surface area contributed by atoms with Crippen LogP contribution in [0.15, 0.2) is 24.3 Å². The third-order valence-corrected chi connectivity index (χ3v) is 3.13. The van der Waals surface area contributed by atoms with Crippen molar-refractivity contribution in [2.75, 3.05) is 5.32 Å². The van der Waals surface area contributed by atoms with Gasteiger partial charge < -0.3 is 10.1 Å². The molecule has 0 heterocycles. The summed E-state index contributed by atoms with van der Waals surface area (Å²) in [4.78, 5) is 23.6. The first kappa shape index (κ1) is 19.0. The number of carbonyl (C=O) groups excluding carboxylic acids is 2. The van der Waals surface area contributed by atoms with Crippen LogP contribution in [0.3, 0.4) is 0 Å². The average Bonchev–Trinajstić information content (AvgIpc) is 2.39. The third kappa shape index (κ3) is 8.24. The van der Waals surface area contributed by atoms with Crippen LogP contribution in [-0.4, -0.2) is 23.6 Å². The van der Waals surface area contributed by atoms with Crippen LogP contribution < -0.4 is 10.6 Å². The fraction of sp³-hybridized carbons (Fsp3) is 0.556. The van der Waals surface area contributed by atoms with Crippen LogP contribution in [0.1, 0.15) is 52.5 Å². The van der Waals surface area contributed by atoms with Crippen molar-refractivity contribution < 1.29 is 14.3 Å². The van der Waals surface area contributed by atoms with Gasteiger partial charge in [0.25, 0.3) is 0 Å². The molecule has 0 aliphatic heterocycles. The molecule has 1 aromatic rings. The number of ether oxygens (including phenoxy) is 1. The Hall–Kier alpha value is -2.04. The summed E-state index contributed by atoms with van der Waals surface area (Å²) >= 11 is 0. The average molecular weight is 320 g/mol. The van der Waals surface area contributed by atoms with Crippen molar-refractivity contribution >= 4 is 17.7 Å². The summed E-state index contributed by atoms with van der Waals surface area (Å²) in [6.07, 6.45) is 1.31. The van der Waals surface area contributed by atoms with E-state index in [1.165, 1.54) is 5.56 Å². The Bertz CT molecular complexity index is 518. The molecule has 0 saturated carbocycles. The monoisotopic (exact) mass is 320 g/mol. The molecule has 5 heteroatoms. The molecule has 0 aliphatic carbocycles. The van der Waals surface area contributed by atoms with E-state index >= 15 is 0 Å². The van der Waals surface area contributed by atoms with E-state index in [0.29, 0.717) is 0 Å². The summed E-state index contributed by atoms with van der Waals surface area (Å²) in [7, 11) is 0. The normalized spacial score (nSPS) is 12.4. The summed E-state index contributed by atoms with van der Waals surface area (Å²) < 4.78 is 5.09. The lowest BCUT2D eigenvalue weighted by Gasteiger charge is -2.21. The number of hydrogen-bond donors (Lipinski definition) is 2. The van der Waals surface area contributed by atoms with Crippen molar-refractivity contribution in [2.45, 2.75) is 65.5 Å². The van der Waals surface area contributed by atoms with Crippen molar-refractivity contribution in [1.82, 2.24) is 5.32 Å². The second-order valence-electron chi connectivity index (χ2n) is 6.75. The number of hydrogen-bond acceptors (Lipinski definition) is 4. The quantitative estimate of drug-likeness (QED) is 0.831. The van der Waals surface area contributed by atoms with Gasteiger partial charge in [-0.3, -0.25) is 10.1 Å². The van der Waals surface area contributed by atoms with Crippen LogP contribution in [-0.2, 0) is 9.53 Å². The SMILES string of the molecule is CCC[C@H](CC(=O)NC(=O)OC(C)(C)C)Nc1ccc(C)cc1. The Morgan fingerprint density at radius 2 is 1.78 bits per heavy atom. The van der Waals surface area contributed by atoms with Crippen LogP contribution in [0.25, 0.3) is 0 Å². The molecular formula is C18H28N2O3. The summed E-state index contributed by atoms with van der Waals surface area (Å²) in [5.41, 5.74) is 1.54. The first-order valence-corrected chi connectivity index (χ1v) is 8.05. The zero-order chi connectivity index (χ0) is 17.5. The highest BCUT2D eigenvalue weighted by Crippen LogP contribution is 2.14. The van der Waals surface area contributed by atoms with E-state index in [2.05, 4.69) is 17.6 Å². The molecule has 5 nitrogen and oxygen atoms in total. The zero-order valence-corrected chi connectivity index (χ0v) is 14.7. The molecule has 0 aromatic heterocycles. The first-order valence-electron chi connectivity index (χ1n) is 8.05. The number of carbonyl (C=O) groups is 2. The van der Waals surface area contributed by atoms with Gasteiger partial charge in [-0.25, -0.2) is 4.79 Å². The Morgan fingerprint density at radius 1 is 1.17 bits per heavy atom. The fourth-order valence-corrected chi connectivity index (χ4v) is 2.15. The van der Waals surface area contributed by atoms with Crippen molar-refractivity contribution in [2.24, 2.45) is 0 Å². The zero-order valence-electron chi connectivity index (χ0n) is 14.7. The maximum Gasteiger partial charge on any atom is 0.414 e. The summed E-state index contributed by atoms with van der Waals surface area (Å²) in [5.74, 6) is -0.336. The molecule has 128 valence electrons. The first-order chi connectivity index (χ1) is 10.7. The van der Waals surface area contributed by atoms with Gasteiger partial charge in [-0.05, 0) is 46.2 Å². The molecule has 23 heavy (non-hydrogen) atoms. The second-order valence-corrected chi connectivity index (χ2v) is 6.75. The molecule has 1 rings (SSSR count). The van der Waals surface area contributed by atoms with Crippen LogP contribution in [0.2, 0.25) is 0 Å². The van der Waals surface area contributed by atoms with E-state index in [9.17, 15) is 9.59 Å². The van der Waals surface area contributed by atoms with Gasteiger partial charge in [-0.1, -0.05) is 31.0 Å². The highest BCUT2D eigenvalue weighted by Gasteiger charge is 2.20. The minimum Gasteiger partial charge on any atom is -0.444 e. The van der Waals surface area contributed by atoms with Gasteiger partial charge in [0, 0.05) is 18.2 Å². The predicted octanol–water partition coefficient (Wildman–Crippen LogP) is 4.02. The van der Waals surface area contributed by atoms with E-state index in [0.717, 1.165) is 18.5 Å². The topological polar surface area (TPSA) is 67.4 Å². The fourth-order valence-electron chi connectivity index (χ4n) is 2.15. The Morgan fingerprint density at radius 3 is 2.30 bits per heavy atom. The number of benzene rings is 1. The molecule has 0 unspecified atom stereocenters. The Labute approximate surface area is 138 Å². The molecule has 0 aliphatic rings. The van der Waals surface area contributed by atoms with Gasteiger partial charge in [0.2, 0.25) is 5.91 Å². The van der Waals surface area contributed by atoms with Crippen LogP contribution in [0.5, 0.6) is 0 Å². The van der Waals surface area contributed by atoms with Crippen molar-refractivity contribution in [1.29, 1.82) is 0 Å². The molecule has 1 atom stereocenters. The van der Waals surface area contributed by atoms with Crippen molar-refractivity contribution in [3.63, 3.8) is 0 Å². The standard InChI is InChI=1S/C18H28N2O3/c1-6-7-15(19-14-10-8-13(2)9-11-14)12-16(21)20-17(22)23-18(3,4)5/h8-11,15,19H,6-7,12H2,1-5H3,(H,20,21,22)/t15-/m1/s1. The number of aryl methyl sites for hydroxylation is 1. The van der Waals surface area contributed by atoms with Gasteiger partial charge in [0.15, 0.2) is 0 Å². The number of imide groups is 1. The number of rotatable bonds is 6. The van der Waals surface area contributed by atoms with E-state index in [1.807, 2.05) is 31.2 Å². The Balaban J connectivity index is 2.56. The number of alkyl carbamates (subject to hydrolysis) is 1. The van der Waals surface area contributed by atoms with E-state index < -0.39 is 11.7 Å². The van der Waals surface area contributed by atoms with Gasteiger partial charge in [0.1, 0.15) is 5.60 Å². The predicted molar refractivity (Wildman–Crippen MR) is 92.5 cm³/mol. The van der Waals surface area contributed by atoms with E-state index in [1.54, 1.807) is 20.8 Å². The minimum absolute atomic E-state index is 0.0230. The molecule has 1 aromatic carbocycles. The molecule has 0 bridgehead atoms. The van der Waals surface area contributed by atoms with Crippen LogP contribution in [0, 0.1) is 6.92 Å². The Kier molecular flexibility index (Phi) is 7.07. The second kappa shape index (κ2) is 8.56. The lowest BCUT2D eigenvalue weighted by molar-refractivity contribution is -0.121. The molecule has 0 radical (unpaired) electrons. The highest BCUT2D eigenvalue weighted by atomic mass is 16.6. The van der Waals surface area contributed by atoms with Gasteiger partial charge in [0.05, 0.1) is 0 Å². The largest absolute Gasteiger partial charge is 0.444 e. The van der Waals surface area contributed by atoms with Crippen molar-refractivity contribution in [3.05, 3.63) is 29.8 Å². The van der Waals surface area contributed by atoms with Gasteiger partial charge in [-0.2, -0.15) is 0 Å². The van der Waals surface area contributed by atoms with Crippen molar-refractivity contribution in [3.8, 4) is 0 Å². The number of nitrogens with one attached hydrogen (secondary N) is 2. The highest BCUT2D eigenvalue weighted by molar-refractivity contribution is 5.92. The van der Waals surface area contributed by atoms with Crippen LogP contribution >= 0.6 is 0 Å². The maximum absolute atomic E-state index is 12.0. The molecule has 0 fully saturated rings. The lowest BCUT2D eigenvalue weighted by Crippen LogP contribution is -2.38. The van der Waals surface area contributed by atoms with Gasteiger partial charge >= 0.3 is 6.09 Å². The molecule has 2 N–H and O–H groups in total.